The third-order valence-corrected chi connectivity index (χ3v) is 4.52. The van der Waals surface area contributed by atoms with Crippen molar-refractivity contribution in [3.8, 4) is 5.88 Å². The topological polar surface area (TPSA) is 59.5 Å². The van der Waals surface area contributed by atoms with Crippen LogP contribution < -0.4 is 4.74 Å². The number of rotatable bonds is 5. The monoisotopic (exact) mass is 334 g/mol. The zero-order chi connectivity index (χ0) is 16.4. The number of hydrogen-bond donors (Lipinski definition) is 0. The van der Waals surface area contributed by atoms with Crippen molar-refractivity contribution in [2.75, 3.05) is 7.11 Å². The van der Waals surface area contributed by atoms with Crippen LogP contribution in [0, 0.1) is 11.7 Å². The molecule has 1 aromatic carbocycles. The van der Waals surface area contributed by atoms with Gasteiger partial charge in [-0.25, -0.2) is 4.39 Å². The molecule has 1 fully saturated rings. The molecule has 23 heavy (non-hydrogen) atoms. The number of benzene rings is 1. The van der Waals surface area contributed by atoms with Crippen molar-refractivity contribution >= 4 is 23.3 Å². The van der Waals surface area contributed by atoms with Gasteiger partial charge in [-0.1, -0.05) is 12.1 Å². The fraction of sp³-hybridized carbons (Fsp3) is 0.312. The highest BCUT2D eigenvalue weighted by atomic mass is 32.1. The summed E-state index contributed by atoms with van der Waals surface area (Å²) < 4.78 is 22.1. The number of halogens is 1. The Morgan fingerprint density at radius 3 is 2.78 bits per heavy atom. The molecule has 2 aromatic rings. The van der Waals surface area contributed by atoms with Gasteiger partial charge in [0.2, 0.25) is 17.7 Å². The zero-order valence-electron chi connectivity index (χ0n) is 12.5. The van der Waals surface area contributed by atoms with Crippen LogP contribution in [-0.2, 0) is 22.6 Å². The van der Waals surface area contributed by atoms with E-state index in [0.717, 1.165) is 11.1 Å². The summed E-state index contributed by atoms with van der Waals surface area (Å²) in [5.41, 5.74) is 1.57. The molecule has 0 bridgehead atoms. The van der Waals surface area contributed by atoms with E-state index in [1.165, 1.54) is 35.7 Å². The fourth-order valence-electron chi connectivity index (χ4n) is 2.67. The van der Waals surface area contributed by atoms with Crippen LogP contribution in [0.5, 0.6) is 5.88 Å². The van der Waals surface area contributed by atoms with Crippen LogP contribution in [0.25, 0.3) is 0 Å². The molecule has 3 rings (SSSR count). The first-order chi connectivity index (χ1) is 11.1. The molecule has 2 amide bonds. The Morgan fingerprint density at radius 2 is 2.09 bits per heavy atom. The summed E-state index contributed by atoms with van der Waals surface area (Å²) in [6.07, 6.45) is 0.608. The van der Waals surface area contributed by atoms with Gasteiger partial charge in [0.15, 0.2) is 0 Å². The largest absolute Gasteiger partial charge is 0.480 e. The summed E-state index contributed by atoms with van der Waals surface area (Å²) >= 11 is 1.22. The number of carbonyl (C=O) groups is 2. The average molecular weight is 334 g/mol. The molecule has 120 valence electrons. The minimum Gasteiger partial charge on any atom is -0.480 e. The Kier molecular flexibility index (Phi) is 4.38. The number of nitrogens with zero attached hydrogens (tertiary/aromatic N) is 2. The highest BCUT2D eigenvalue weighted by molar-refractivity contribution is 7.03. The number of ether oxygens (including phenoxy) is 1. The van der Waals surface area contributed by atoms with Crippen LogP contribution in [0.2, 0.25) is 0 Å². The molecule has 1 aromatic heterocycles. The molecule has 5 nitrogen and oxygen atoms in total. The van der Waals surface area contributed by atoms with E-state index in [2.05, 4.69) is 4.37 Å². The van der Waals surface area contributed by atoms with E-state index < -0.39 is 5.92 Å². The van der Waals surface area contributed by atoms with E-state index >= 15 is 0 Å². The molecular formula is C16H15FN2O3S. The van der Waals surface area contributed by atoms with Crippen LogP contribution in [0.4, 0.5) is 4.39 Å². The minimum atomic E-state index is -0.398. The molecule has 1 saturated heterocycles. The van der Waals surface area contributed by atoms with Gasteiger partial charge in [-0.15, -0.1) is 0 Å². The third-order valence-electron chi connectivity index (χ3n) is 3.86. The number of imide groups is 1. The first kappa shape index (κ1) is 15.6. The van der Waals surface area contributed by atoms with Gasteiger partial charge < -0.3 is 4.74 Å². The summed E-state index contributed by atoms with van der Waals surface area (Å²) in [5.74, 6) is -0.674. The second-order valence-electron chi connectivity index (χ2n) is 5.40. The van der Waals surface area contributed by atoms with E-state index in [0.29, 0.717) is 12.3 Å². The summed E-state index contributed by atoms with van der Waals surface area (Å²) in [7, 11) is 1.50. The summed E-state index contributed by atoms with van der Waals surface area (Å²) in [5, 5.41) is 1.77. The van der Waals surface area contributed by atoms with E-state index in [1.807, 2.05) is 0 Å². The lowest BCUT2D eigenvalue weighted by atomic mass is 9.98. The maximum atomic E-state index is 12.9. The highest BCUT2D eigenvalue weighted by Gasteiger charge is 2.38. The van der Waals surface area contributed by atoms with Gasteiger partial charge in [-0.2, -0.15) is 4.37 Å². The minimum absolute atomic E-state index is 0.177. The maximum absolute atomic E-state index is 12.9. The second kappa shape index (κ2) is 6.45. The van der Waals surface area contributed by atoms with E-state index in [4.69, 9.17) is 4.74 Å². The van der Waals surface area contributed by atoms with Crippen molar-refractivity contribution in [2.45, 2.75) is 19.4 Å². The highest BCUT2D eigenvalue weighted by Crippen LogP contribution is 2.28. The van der Waals surface area contributed by atoms with Crippen LogP contribution >= 0.6 is 11.5 Å². The molecule has 0 saturated carbocycles. The van der Waals surface area contributed by atoms with E-state index in [9.17, 15) is 14.0 Å². The number of likely N-dealkylation sites (tertiary alicyclic amines) is 1. The molecule has 1 aliphatic heterocycles. The Balaban J connectivity index is 1.71. The summed E-state index contributed by atoms with van der Waals surface area (Å²) in [4.78, 5) is 25.9. The number of hydrogen-bond acceptors (Lipinski definition) is 5. The lowest BCUT2D eigenvalue weighted by Crippen LogP contribution is -2.30. The van der Waals surface area contributed by atoms with Gasteiger partial charge >= 0.3 is 0 Å². The van der Waals surface area contributed by atoms with Crippen LogP contribution in [0.3, 0.4) is 0 Å². The predicted octanol–water partition coefficient (Wildman–Crippen LogP) is 2.41. The van der Waals surface area contributed by atoms with Gasteiger partial charge in [0.25, 0.3) is 0 Å². The van der Waals surface area contributed by atoms with Crippen LogP contribution in [0.1, 0.15) is 17.5 Å². The number of carbonyl (C=O) groups excluding carboxylic acids is 2. The molecule has 0 radical (unpaired) electrons. The van der Waals surface area contributed by atoms with Crippen LogP contribution in [0.15, 0.2) is 29.6 Å². The van der Waals surface area contributed by atoms with E-state index in [1.54, 1.807) is 17.5 Å². The normalized spacial score (nSPS) is 17.8. The SMILES string of the molecule is COc1nscc1CN1C(=O)CC(Cc2ccc(F)cc2)C1=O. The first-order valence-electron chi connectivity index (χ1n) is 7.14. The molecule has 7 heteroatoms. The lowest BCUT2D eigenvalue weighted by Gasteiger charge is -2.14. The molecule has 0 aliphatic carbocycles. The Bertz CT molecular complexity index is 729. The van der Waals surface area contributed by atoms with Crippen molar-refractivity contribution in [1.29, 1.82) is 0 Å². The molecular weight excluding hydrogens is 319 g/mol. The molecule has 1 atom stereocenters. The molecule has 1 unspecified atom stereocenters. The second-order valence-corrected chi connectivity index (χ2v) is 6.03. The third kappa shape index (κ3) is 3.24. The number of amides is 2. The van der Waals surface area contributed by atoms with Crippen molar-refractivity contribution in [1.82, 2.24) is 9.27 Å². The summed E-state index contributed by atoms with van der Waals surface area (Å²) in [6.45, 7) is 0.178. The quantitative estimate of drug-likeness (QED) is 0.788. The standard InChI is InChI=1S/C16H15FN2O3S/c1-22-15-12(9-23-18-15)8-19-14(20)7-11(16(19)21)6-10-2-4-13(17)5-3-10/h2-5,9,11H,6-8H2,1H3. The molecule has 0 N–H and O–H groups in total. The van der Waals surface area contributed by atoms with Gasteiger partial charge in [0.1, 0.15) is 5.82 Å². The fourth-order valence-corrected chi connectivity index (χ4v) is 3.32. The number of aromatic nitrogens is 1. The lowest BCUT2D eigenvalue weighted by molar-refractivity contribution is -0.140. The van der Waals surface area contributed by atoms with Crippen LogP contribution in [-0.4, -0.2) is 28.2 Å². The van der Waals surface area contributed by atoms with Crippen molar-refractivity contribution in [2.24, 2.45) is 5.92 Å². The van der Waals surface area contributed by atoms with Gasteiger partial charge in [-0.3, -0.25) is 14.5 Å². The van der Waals surface area contributed by atoms with Gasteiger partial charge in [0.05, 0.1) is 19.6 Å². The van der Waals surface area contributed by atoms with E-state index in [-0.39, 0.29) is 30.6 Å². The van der Waals surface area contributed by atoms with Crippen molar-refractivity contribution < 1.29 is 18.7 Å². The maximum Gasteiger partial charge on any atom is 0.233 e. The molecule has 0 spiro atoms. The Labute approximate surface area is 136 Å². The van der Waals surface area contributed by atoms with Gasteiger partial charge in [-0.05, 0) is 35.6 Å². The molecule has 2 heterocycles. The Morgan fingerprint density at radius 1 is 1.35 bits per heavy atom. The zero-order valence-corrected chi connectivity index (χ0v) is 13.3. The summed E-state index contributed by atoms with van der Waals surface area (Å²) in [6, 6.07) is 6.00. The average Bonchev–Trinajstić information content (AvgIpc) is 3.09. The smallest absolute Gasteiger partial charge is 0.233 e. The first-order valence-corrected chi connectivity index (χ1v) is 7.98. The Hall–Kier alpha value is -2.28. The number of methoxy groups -OCH3 is 1. The molecule has 1 aliphatic rings. The van der Waals surface area contributed by atoms with Crippen molar-refractivity contribution in [3.63, 3.8) is 0 Å². The predicted molar refractivity (Wildman–Crippen MR) is 82.4 cm³/mol. The van der Waals surface area contributed by atoms with Gasteiger partial charge in [0, 0.05) is 17.4 Å². The van der Waals surface area contributed by atoms with Crippen molar-refractivity contribution in [3.05, 3.63) is 46.6 Å².